The average molecular weight is 462 g/mol. The van der Waals surface area contributed by atoms with E-state index in [2.05, 4.69) is 15.4 Å². The lowest BCUT2D eigenvalue weighted by atomic mass is 10.1. The zero-order chi connectivity index (χ0) is 23.1. The summed E-state index contributed by atoms with van der Waals surface area (Å²) in [6.07, 6.45) is 1.77. The molecule has 1 saturated heterocycles. The number of amides is 2. The first-order chi connectivity index (χ1) is 15.9. The molecule has 0 saturated carbocycles. The number of thiazole rings is 1. The molecule has 1 N–H and O–H groups in total. The number of anilines is 2. The molecule has 4 aromatic rings. The van der Waals surface area contributed by atoms with Crippen LogP contribution in [0.5, 0.6) is 0 Å². The second-order valence-electron chi connectivity index (χ2n) is 8.24. The molecule has 3 aromatic heterocycles. The Morgan fingerprint density at radius 3 is 2.79 bits per heavy atom. The molecule has 1 unspecified atom stereocenters. The number of aryl methyl sites for hydroxylation is 3. The number of hydrogen-bond donors (Lipinski definition) is 1. The lowest BCUT2D eigenvalue weighted by Crippen LogP contribution is -2.28. The Labute approximate surface area is 194 Å². The van der Waals surface area contributed by atoms with Gasteiger partial charge in [-0.25, -0.2) is 4.98 Å². The first-order valence-electron chi connectivity index (χ1n) is 10.6. The zero-order valence-electron chi connectivity index (χ0n) is 18.5. The fraction of sp³-hybridized carbons (Fsp3) is 0.250. The molecule has 0 spiro atoms. The van der Waals surface area contributed by atoms with Crippen molar-refractivity contribution in [2.75, 3.05) is 16.8 Å². The largest absolute Gasteiger partial charge is 0.463 e. The van der Waals surface area contributed by atoms with Crippen LogP contribution in [-0.2, 0) is 9.59 Å². The maximum atomic E-state index is 13.1. The van der Waals surface area contributed by atoms with Crippen molar-refractivity contribution < 1.29 is 14.0 Å². The number of nitrogens with zero attached hydrogens (tertiary/aromatic N) is 4. The molecule has 0 aliphatic carbocycles. The quantitative estimate of drug-likeness (QED) is 0.472. The molecule has 8 nitrogen and oxygen atoms in total. The summed E-state index contributed by atoms with van der Waals surface area (Å²) in [4.78, 5) is 32.0. The molecule has 9 heteroatoms. The van der Waals surface area contributed by atoms with Gasteiger partial charge in [-0.1, -0.05) is 6.07 Å². The second kappa shape index (κ2) is 8.32. The lowest BCUT2D eigenvalue weighted by molar-refractivity contribution is -0.122. The fourth-order valence-electron chi connectivity index (χ4n) is 3.89. The predicted octanol–water partition coefficient (Wildman–Crippen LogP) is 4.51. The van der Waals surface area contributed by atoms with Crippen LogP contribution in [0.4, 0.5) is 11.5 Å². The predicted molar refractivity (Wildman–Crippen MR) is 127 cm³/mol. The van der Waals surface area contributed by atoms with E-state index in [-0.39, 0.29) is 18.2 Å². The maximum absolute atomic E-state index is 13.1. The Balaban J connectivity index is 1.34. The molecule has 5 rings (SSSR count). The van der Waals surface area contributed by atoms with Crippen molar-refractivity contribution >= 4 is 34.7 Å². The van der Waals surface area contributed by atoms with Crippen molar-refractivity contribution in [2.24, 2.45) is 5.92 Å². The molecular weight excluding hydrogens is 438 g/mol. The highest BCUT2D eigenvalue weighted by atomic mass is 32.1. The molecule has 4 heterocycles. The molecule has 2 amide bonds. The monoisotopic (exact) mass is 461 g/mol. The van der Waals surface area contributed by atoms with Gasteiger partial charge in [0.25, 0.3) is 0 Å². The standard InChI is InChI=1S/C24H23N5O3S/c1-14-6-7-18(9-15(14)2)28-12-17(11-22(28)30)23(31)26-21-10-16(3)27-29(21)24-25-19(13-33-24)20-5-4-8-32-20/h4-10,13,17H,11-12H2,1-3H3,(H,26,31). The van der Waals surface area contributed by atoms with E-state index in [1.54, 1.807) is 21.9 Å². The molecule has 1 aliphatic rings. The number of rotatable bonds is 5. The first-order valence-corrected chi connectivity index (χ1v) is 11.5. The minimum atomic E-state index is -0.447. The van der Waals surface area contributed by atoms with Gasteiger partial charge < -0.3 is 14.6 Å². The van der Waals surface area contributed by atoms with Crippen molar-refractivity contribution in [3.63, 3.8) is 0 Å². The van der Waals surface area contributed by atoms with Crippen LogP contribution in [0, 0.1) is 26.7 Å². The molecule has 33 heavy (non-hydrogen) atoms. The topological polar surface area (TPSA) is 93.3 Å². The van der Waals surface area contributed by atoms with Crippen LogP contribution in [0.3, 0.4) is 0 Å². The minimum absolute atomic E-state index is 0.0499. The third kappa shape index (κ3) is 4.07. The van der Waals surface area contributed by atoms with Gasteiger partial charge >= 0.3 is 0 Å². The van der Waals surface area contributed by atoms with E-state index >= 15 is 0 Å². The number of nitrogens with one attached hydrogen (secondary N) is 1. The summed E-state index contributed by atoms with van der Waals surface area (Å²) >= 11 is 1.40. The molecule has 1 aliphatic heterocycles. The van der Waals surface area contributed by atoms with Crippen molar-refractivity contribution in [3.05, 3.63) is 64.9 Å². The molecule has 0 radical (unpaired) electrons. The van der Waals surface area contributed by atoms with Crippen LogP contribution >= 0.6 is 11.3 Å². The van der Waals surface area contributed by atoms with Gasteiger partial charge in [-0.05, 0) is 56.2 Å². The summed E-state index contributed by atoms with van der Waals surface area (Å²) in [5.74, 6) is 0.486. The Bertz CT molecular complexity index is 1340. The van der Waals surface area contributed by atoms with E-state index in [4.69, 9.17) is 4.42 Å². The first kappa shape index (κ1) is 21.1. The second-order valence-corrected chi connectivity index (χ2v) is 9.08. The van der Waals surface area contributed by atoms with E-state index in [9.17, 15) is 9.59 Å². The number of carbonyl (C=O) groups excluding carboxylic acids is 2. The van der Waals surface area contributed by atoms with E-state index < -0.39 is 5.92 Å². The molecule has 168 valence electrons. The molecule has 1 atom stereocenters. The van der Waals surface area contributed by atoms with Gasteiger partial charge in [-0.2, -0.15) is 9.78 Å². The van der Waals surface area contributed by atoms with Gasteiger partial charge in [0, 0.05) is 30.1 Å². The number of aromatic nitrogens is 3. The number of benzene rings is 1. The van der Waals surface area contributed by atoms with Crippen LogP contribution in [0.1, 0.15) is 23.2 Å². The van der Waals surface area contributed by atoms with E-state index in [1.807, 2.05) is 56.5 Å². The van der Waals surface area contributed by atoms with Gasteiger partial charge in [0.1, 0.15) is 11.5 Å². The van der Waals surface area contributed by atoms with Crippen LogP contribution in [0.2, 0.25) is 0 Å². The van der Waals surface area contributed by atoms with Crippen molar-refractivity contribution in [3.8, 4) is 16.6 Å². The summed E-state index contributed by atoms with van der Waals surface area (Å²) in [7, 11) is 0. The number of carbonyl (C=O) groups is 2. The molecular formula is C24H23N5O3S. The molecule has 1 aromatic carbocycles. The highest BCUT2D eigenvalue weighted by Crippen LogP contribution is 2.29. The summed E-state index contributed by atoms with van der Waals surface area (Å²) in [5.41, 5.74) is 4.56. The van der Waals surface area contributed by atoms with Gasteiger partial charge in [0.15, 0.2) is 5.76 Å². The summed E-state index contributed by atoms with van der Waals surface area (Å²) in [6, 6.07) is 11.4. The van der Waals surface area contributed by atoms with Crippen LogP contribution in [0.25, 0.3) is 16.6 Å². The van der Waals surface area contributed by atoms with E-state index in [0.29, 0.717) is 28.9 Å². The van der Waals surface area contributed by atoms with Gasteiger partial charge in [-0.15, -0.1) is 11.3 Å². The normalized spacial score (nSPS) is 15.9. The Morgan fingerprint density at radius 1 is 1.18 bits per heavy atom. The van der Waals surface area contributed by atoms with Gasteiger partial charge in [0.2, 0.25) is 16.9 Å². The highest BCUT2D eigenvalue weighted by Gasteiger charge is 2.35. The molecule has 0 bridgehead atoms. The van der Waals surface area contributed by atoms with E-state index in [0.717, 1.165) is 16.9 Å². The number of hydrogen-bond acceptors (Lipinski definition) is 6. The van der Waals surface area contributed by atoms with Gasteiger partial charge in [-0.3, -0.25) is 9.59 Å². The third-order valence-electron chi connectivity index (χ3n) is 5.83. The average Bonchev–Trinajstić information content (AvgIpc) is 3.56. The van der Waals surface area contributed by atoms with Crippen LogP contribution in [-0.4, -0.2) is 33.1 Å². The molecule has 1 fully saturated rings. The fourth-order valence-corrected chi connectivity index (χ4v) is 4.66. The number of furan rings is 1. The van der Waals surface area contributed by atoms with Crippen molar-refractivity contribution in [1.82, 2.24) is 14.8 Å². The maximum Gasteiger partial charge on any atom is 0.230 e. The van der Waals surface area contributed by atoms with Crippen LogP contribution < -0.4 is 10.2 Å². The van der Waals surface area contributed by atoms with Gasteiger partial charge in [0.05, 0.1) is 17.9 Å². The Hall–Kier alpha value is -3.72. The zero-order valence-corrected chi connectivity index (χ0v) is 19.3. The van der Waals surface area contributed by atoms with E-state index in [1.165, 1.54) is 16.9 Å². The third-order valence-corrected chi connectivity index (χ3v) is 6.64. The summed E-state index contributed by atoms with van der Waals surface area (Å²) < 4.78 is 7.03. The van der Waals surface area contributed by atoms with Crippen molar-refractivity contribution in [1.29, 1.82) is 0 Å². The Kier molecular flexibility index (Phi) is 5.33. The minimum Gasteiger partial charge on any atom is -0.463 e. The lowest BCUT2D eigenvalue weighted by Gasteiger charge is -2.18. The Morgan fingerprint density at radius 2 is 2.03 bits per heavy atom. The highest BCUT2D eigenvalue weighted by molar-refractivity contribution is 7.12. The van der Waals surface area contributed by atoms with Crippen LogP contribution in [0.15, 0.2) is 52.5 Å². The smallest absolute Gasteiger partial charge is 0.230 e. The van der Waals surface area contributed by atoms with Crippen molar-refractivity contribution in [2.45, 2.75) is 27.2 Å². The SMILES string of the molecule is Cc1cc(NC(=O)C2CC(=O)N(c3ccc(C)c(C)c3)C2)n(-c2nc(-c3ccco3)cs2)n1. The summed E-state index contributed by atoms with van der Waals surface area (Å²) in [5, 5.41) is 9.94. The summed E-state index contributed by atoms with van der Waals surface area (Å²) in [6.45, 7) is 6.25.